The zero-order chi connectivity index (χ0) is 13.6. The van der Waals surface area contributed by atoms with Gasteiger partial charge in [0.2, 0.25) is 0 Å². The van der Waals surface area contributed by atoms with E-state index in [1.54, 1.807) is 0 Å². The number of benzene rings is 1. The average molecular weight is 285 g/mol. The van der Waals surface area contributed by atoms with Crippen molar-refractivity contribution in [2.75, 3.05) is 6.54 Å². The lowest BCUT2D eigenvalue weighted by molar-refractivity contribution is 0.442. The number of nitrogens with one attached hydrogen (secondary N) is 1. The van der Waals surface area contributed by atoms with E-state index in [1.165, 1.54) is 49.8 Å². The molecule has 0 aliphatic heterocycles. The fourth-order valence-corrected chi connectivity index (χ4v) is 3.35. The molecule has 0 bridgehead atoms. The van der Waals surface area contributed by atoms with Crippen molar-refractivity contribution in [3.8, 4) is 0 Å². The van der Waals surface area contributed by atoms with Gasteiger partial charge in [-0.1, -0.05) is 30.3 Å². The molecule has 1 heterocycles. The lowest BCUT2D eigenvalue weighted by Crippen LogP contribution is -2.26. The fraction of sp³-hybridized carbons (Fsp3) is 0.444. The van der Waals surface area contributed by atoms with Crippen LogP contribution in [0.4, 0.5) is 0 Å². The molecular formula is C18H23NS. The first-order chi connectivity index (χ1) is 9.90. The smallest absolute Gasteiger partial charge is 0.00683 e. The molecule has 2 aromatic rings. The summed E-state index contributed by atoms with van der Waals surface area (Å²) in [5, 5.41) is 8.18. The van der Waals surface area contributed by atoms with Gasteiger partial charge in [-0.05, 0) is 72.5 Å². The lowest BCUT2D eigenvalue weighted by atomic mass is 9.93. The van der Waals surface area contributed by atoms with Gasteiger partial charge in [-0.2, -0.15) is 11.3 Å². The molecule has 1 aromatic heterocycles. The number of aryl methyl sites for hydroxylation is 1. The van der Waals surface area contributed by atoms with Gasteiger partial charge in [-0.15, -0.1) is 0 Å². The van der Waals surface area contributed by atoms with Gasteiger partial charge in [0.1, 0.15) is 0 Å². The number of rotatable bonds is 8. The average Bonchev–Trinajstić information content (AvgIpc) is 3.17. The topological polar surface area (TPSA) is 12.0 Å². The van der Waals surface area contributed by atoms with Gasteiger partial charge in [0, 0.05) is 6.04 Å². The first-order valence-corrected chi connectivity index (χ1v) is 8.63. The molecular weight excluding hydrogens is 262 g/mol. The highest BCUT2D eigenvalue weighted by molar-refractivity contribution is 7.07. The van der Waals surface area contributed by atoms with E-state index in [0.717, 1.165) is 12.0 Å². The molecule has 2 heteroatoms. The second-order valence-corrected chi connectivity index (χ2v) is 6.69. The van der Waals surface area contributed by atoms with Crippen LogP contribution in [0.5, 0.6) is 0 Å². The SMILES string of the molecule is c1ccc(CC(CCc2ccsc2)CNC2CC2)cc1. The minimum Gasteiger partial charge on any atom is -0.314 e. The minimum atomic E-state index is 0.748. The summed E-state index contributed by atoms with van der Waals surface area (Å²) in [6.45, 7) is 1.17. The predicted octanol–water partition coefficient (Wildman–Crippen LogP) is 4.29. The van der Waals surface area contributed by atoms with E-state index in [2.05, 4.69) is 52.5 Å². The quantitative estimate of drug-likeness (QED) is 0.763. The summed E-state index contributed by atoms with van der Waals surface area (Å²) in [6.07, 6.45) is 6.45. The molecule has 1 aromatic carbocycles. The van der Waals surface area contributed by atoms with Crippen LogP contribution in [0.1, 0.15) is 30.4 Å². The van der Waals surface area contributed by atoms with Gasteiger partial charge in [0.15, 0.2) is 0 Å². The minimum absolute atomic E-state index is 0.748. The summed E-state index contributed by atoms with van der Waals surface area (Å²) in [5.41, 5.74) is 2.97. The molecule has 1 saturated carbocycles. The van der Waals surface area contributed by atoms with Crippen LogP contribution in [0.3, 0.4) is 0 Å². The van der Waals surface area contributed by atoms with Gasteiger partial charge in [-0.3, -0.25) is 0 Å². The van der Waals surface area contributed by atoms with Crippen molar-refractivity contribution in [3.05, 3.63) is 58.3 Å². The Morgan fingerprint density at radius 3 is 2.65 bits per heavy atom. The monoisotopic (exact) mass is 285 g/mol. The number of thiophene rings is 1. The number of hydrogen-bond acceptors (Lipinski definition) is 2. The fourth-order valence-electron chi connectivity index (χ4n) is 2.65. The van der Waals surface area contributed by atoms with Crippen LogP contribution in [-0.2, 0) is 12.8 Å². The lowest BCUT2D eigenvalue weighted by Gasteiger charge is -2.17. The molecule has 3 rings (SSSR count). The van der Waals surface area contributed by atoms with Gasteiger partial charge in [-0.25, -0.2) is 0 Å². The third kappa shape index (κ3) is 4.46. The Kier molecular flexibility index (Phi) is 4.88. The predicted molar refractivity (Wildman–Crippen MR) is 87.3 cm³/mol. The Morgan fingerprint density at radius 1 is 1.10 bits per heavy atom. The maximum Gasteiger partial charge on any atom is 0.00683 e. The van der Waals surface area contributed by atoms with Gasteiger partial charge >= 0.3 is 0 Å². The summed E-state index contributed by atoms with van der Waals surface area (Å²) in [5.74, 6) is 0.748. The Labute approximate surface area is 126 Å². The third-order valence-electron chi connectivity index (χ3n) is 4.06. The van der Waals surface area contributed by atoms with Crippen molar-refractivity contribution in [3.63, 3.8) is 0 Å². The molecule has 0 amide bonds. The molecule has 1 nitrogen and oxygen atoms in total. The normalized spacial score (nSPS) is 16.2. The summed E-state index contributed by atoms with van der Waals surface area (Å²) in [7, 11) is 0. The Hall–Kier alpha value is -1.12. The van der Waals surface area contributed by atoms with Crippen molar-refractivity contribution in [1.82, 2.24) is 5.32 Å². The molecule has 1 fully saturated rings. The van der Waals surface area contributed by atoms with E-state index < -0.39 is 0 Å². The van der Waals surface area contributed by atoms with Crippen molar-refractivity contribution in [2.45, 2.75) is 38.1 Å². The first-order valence-electron chi connectivity index (χ1n) is 7.68. The van der Waals surface area contributed by atoms with Crippen LogP contribution >= 0.6 is 11.3 Å². The summed E-state index contributed by atoms with van der Waals surface area (Å²) < 4.78 is 0. The van der Waals surface area contributed by atoms with Crippen LogP contribution in [0.25, 0.3) is 0 Å². The van der Waals surface area contributed by atoms with Gasteiger partial charge < -0.3 is 5.32 Å². The molecule has 1 aliphatic carbocycles. The van der Waals surface area contributed by atoms with Crippen LogP contribution in [0, 0.1) is 5.92 Å². The standard InChI is InChI=1S/C18H23NS/c1-2-4-15(5-3-1)12-17(13-19-18-8-9-18)7-6-16-10-11-20-14-16/h1-5,10-11,14,17-19H,6-9,12-13H2. The highest BCUT2D eigenvalue weighted by atomic mass is 32.1. The zero-order valence-electron chi connectivity index (χ0n) is 11.9. The maximum atomic E-state index is 3.71. The second kappa shape index (κ2) is 7.05. The maximum absolute atomic E-state index is 3.71. The first kappa shape index (κ1) is 13.8. The van der Waals surface area contributed by atoms with Crippen LogP contribution < -0.4 is 5.32 Å². The Balaban J connectivity index is 1.54. The highest BCUT2D eigenvalue weighted by Gasteiger charge is 2.22. The Morgan fingerprint density at radius 2 is 1.95 bits per heavy atom. The largest absolute Gasteiger partial charge is 0.314 e. The summed E-state index contributed by atoms with van der Waals surface area (Å²) in [6, 6.07) is 14.0. The highest BCUT2D eigenvalue weighted by Crippen LogP contribution is 2.21. The van der Waals surface area contributed by atoms with E-state index in [4.69, 9.17) is 0 Å². The van der Waals surface area contributed by atoms with Crippen LogP contribution in [0.2, 0.25) is 0 Å². The van der Waals surface area contributed by atoms with E-state index in [9.17, 15) is 0 Å². The second-order valence-electron chi connectivity index (χ2n) is 5.91. The van der Waals surface area contributed by atoms with Gasteiger partial charge in [0.05, 0.1) is 0 Å². The van der Waals surface area contributed by atoms with Crippen molar-refractivity contribution < 1.29 is 0 Å². The van der Waals surface area contributed by atoms with Crippen LogP contribution in [-0.4, -0.2) is 12.6 Å². The number of hydrogen-bond donors (Lipinski definition) is 1. The molecule has 0 spiro atoms. The van der Waals surface area contributed by atoms with E-state index >= 15 is 0 Å². The molecule has 0 radical (unpaired) electrons. The van der Waals surface area contributed by atoms with E-state index in [-0.39, 0.29) is 0 Å². The molecule has 20 heavy (non-hydrogen) atoms. The molecule has 1 aliphatic rings. The molecule has 1 atom stereocenters. The summed E-state index contributed by atoms with van der Waals surface area (Å²) >= 11 is 1.81. The van der Waals surface area contributed by atoms with Crippen LogP contribution in [0.15, 0.2) is 47.2 Å². The summed E-state index contributed by atoms with van der Waals surface area (Å²) in [4.78, 5) is 0. The van der Waals surface area contributed by atoms with Crippen molar-refractivity contribution in [1.29, 1.82) is 0 Å². The molecule has 1 unspecified atom stereocenters. The van der Waals surface area contributed by atoms with E-state index in [0.29, 0.717) is 0 Å². The molecule has 106 valence electrons. The molecule has 1 N–H and O–H groups in total. The van der Waals surface area contributed by atoms with Crippen molar-refractivity contribution in [2.24, 2.45) is 5.92 Å². The Bertz CT molecular complexity index is 487. The third-order valence-corrected chi connectivity index (χ3v) is 4.79. The van der Waals surface area contributed by atoms with Gasteiger partial charge in [0.25, 0.3) is 0 Å². The zero-order valence-corrected chi connectivity index (χ0v) is 12.7. The molecule has 0 saturated heterocycles. The van der Waals surface area contributed by atoms with Crippen molar-refractivity contribution >= 4 is 11.3 Å². The van der Waals surface area contributed by atoms with E-state index in [1.807, 2.05) is 11.3 Å².